The summed E-state index contributed by atoms with van der Waals surface area (Å²) in [6.45, 7) is 3.64. The molecular formula is C17H23N3O4. The molecule has 1 aromatic carbocycles. The van der Waals surface area contributed by atoms with Gasteiger partial charge in [-0.25, -0.2) is 9.59 Å². The van der Waals surface area contributed by atoms with Crippen molar-refractivity contribution in [3.05, 3.63) is 29.8 Å². The van der Waals surface area contributed by atoms with Crippen molar-refractivity contribution in [1.29, 1.82) is 0 Å². The smallest absolute Gasteiger partial charge is 0.337 e. The third-order valence-corrected chi connectivity index (χ3v) is 4.59. The van der Waals surface area contributed by atoms with Crippen LogP contribution in [0.4, 0.5) is 10.5 Å². The molecule has 0 aromatic heterocycles. The second-order valence-electron chi connectivity index (χ2n) is 6.40. The van der Waals surface area contributed by atoms with E-state index in [9.17, 15) is 9.59 Å². The lowest BCUT2D eigenvalue weighted by molar-refractivity contribution is 0.0600. The highest BCUT2D eigenvalue weighted by Gasteiger charge is 2.33. The van der Waals surface area contributed by atoms with Crippen LogP contribution in [0.1, 0.15) is 10.4 Å². The molecule has 1 N–H and O–H groups in total. The maximum Gasteiger partial charge on any atom is 0.337 e. The zero-order chi connectivity index (χ0) is 17.1. The fraction of sp³-hybridized carbons (Fsp3) is 0.529. The molecule has 7 heteroatoms. The van der Waals surface area contributed by atoms with Crippen molar-refractivity contribution < 1.29 is 19.1 Å². The van der Waals surface area contributed by atoms with Crippen molar-refractivity contribution in [3.8, 4) is 0 Å². The van der Waals surface area contributed by atoms with Crippen LogP contribution < -0.4 is 5.32 Å². The average Bonchev–Trinajstić information content (AvgIpc) is 2.83. The van der Waals surface area contributed by atoms with E-state index in [1.165, 1.54) is 7.11 Å². The van der Waals surface area contributed by atoms with Crippen LogP contribution in [-0.2, 0) is 9.47 Å². The highest BCUT2D eigenvalue weighted by atomic mass is 16.5. The minimum Gasteiger partial charge on any atom is -0.465 e. The lowest BCUT2D eigenvalue weighted by Crippen LogP contribution is -2.46. The van der Waals surface area contributed by atoms with Gasteiger partial charge < -0.3 is 19.7 Å². The number of methoxy groups -OCH3 is 1. The number of carbonyl (C=O) groups excluding carboxylic acids is 2. The van der Waals surface area contributed by atoms with Gasteiger partial charge in [0.05, 0.1) is 31.9 Å². The number of nitrogens with zero attached hydrogens (tertiary/aromatic N) is 2. The normalized spacial score (nSPS) is 24.2. The number of benzene rings is 1. The minimum atomic E-state index is -0.392. The molecule has 2 atom stereocenters. The van der Waals surface area contributed by atoms with E-state index < -0.39 is 5.97 Å². The number of hydrogen-bond acceptors (Lipinski definition) is 5. The van der Waals surface area contributed by atoms with E-state index in [1.807, 2.05) is 4.90 Å². The molecule has 24 heavy (non-hydrogen) atoms. The number of anilines is 1. The van der Waals surface area contributed by atoms with Gasteiger partial charge in [-0.1, -0.05) is 0 Å². The van der Waals surface area contributed by atoms with Crippen LogP contribution in [0.5, 0.6) is 0 Å². The Balaban J connectivity index is 1.65. The van der Waals surface area contributed by atoms with Crippen molar-refractivity contribution in [2.45, 2.75) is 6.04 Å². The van der Waals surface area contributed by atoms with Crippen molar-refractivity contribution in [1.82, 2.24) is 9.80 Å². The highest BCUT2D eigenvalue weighted by molar-refractivity contribution is 5.92. The number of urea groups is 1. The van der Waals surface area contributed by atoms with Crippen LogP contribution in [0.3, 0.4) is 0 Å². The maximum absolute atomic E-state index is 12.6. The second-order valence-corrected chi connectivity index (χ2v) is 6.40. The summed E-state index contributed by atoms with van der Waals surface area (Å²) >= 11 is 0. The van der Waals surface area contributed by atoms with Crippen LogP contribution in [0.25, 0.3) is 0 Å². The van der Waals surface area contributed by atoms with Crippen molar-refractivity contribution in [2.75, 3.05) is 52.3 Å². The van der Waals surface area contributed by atoms with Crippen LogP contribution in [0.2, 0.25) is 0 Å². The monoisotopic (exact) mass is 333 g/mol. The summed E-state index contributed by atoms with van der Waals surface area (Å²) in [5.41, 5.74) is 1.12. The van der Waals surface area contributed by atoms with Gasteiger partial charge in [-0.15, -0.1) is 0 Å². The Bertz CT molecular complexity index is 604. The van der Waals surface area contributed by atoms with Crippen molar-refractivity contribution >= 4 is 17.7 Å². The Labute approximate surface area is 141 Å². The molecule has 2 saturated heterocycles. The maximum atomic E-state index is 12.6. The van der Waals surface area contributed by atoms with Gasteiger partial charge in [0.25, 0.3) is 0 Å². The van der Waals surface area contributed by atoms with Gasteiger partial charge in [0.2, 0.25) is 0 Å². The third kappa shape index (κ3) is 3.68. The summed E-state index contributed by atoms with van der Waals surface area (Å²) < 4.78 is 10.3. The SMILES string of the molecule is COC(=O)c1ccc(NC(=O)N2C[C@@H]3COC[C@H](C2)N(C)C3)cc1. The molecule has 0 radical (unpaired) electrons. The van der Waals surface area contributed by atoms with Gasteiger partial charge in [-0.3, -0.25) is 4.90 Å². The first-order valence-electron chi connectivity index (χ1n) is 8.09. The van der Waals surface area contributed by atoms with Crippen LogP contribution >= 0.6 is 0 Å². The second kappa shape index (κ2) is 7.19. The number of amides is 2. The number of fused-ring (bicyclic) bond motifs is 3. The summed E-state index contributed by atoms with van der Waals surface area (Å²) in [5.74, 6) is -0.0637. The van der Waals surface area contributed by atoms with Gasteiger partial charge in [-0.05, 0) is 31.3 Å². The van der Waals surface area contributed by atoms with E-state index in [2.05, 4.69) is 22.0 Å². The fourth-order valence-electron chi connectivity index (χ4n) is 3.23. The molecule has 2 fully saturated rings. The predicted octanol–water partition coefficient (Wildman–Crippen LogP) is 1.27. The largest absolute Gasteiger partial charge is 0.465 e. The van der Waals surface area contributed by atoms with E-state index in [1.54, 1.807) is 24.3 Å². The summed E-state index contributed by atoms with van der Waals surface area (Å²) in [5, 5.41) is 2.90. The van der Waals surface area contributed by atoms with Gasteiger partial charge in [-0.2, -0.15) is 0 Å². The third-order valence-electron chi connectivity index (χ3n) is 4.59. The van der Waals surface area contributed by atoms with E-state index in [-0.39, 0.29) is 12.1 Å². The Hall–Kier alpha value is -2.12. The summed E-state index contributed by atoms with van der Waals surface area (Å²) in [7, 11) is 3.42. The Morgan fingerprint density at radius 1 is 1.17 bits per heavy atom. The molecule has 2 aliphatic heterocycles. The first-order chi connectivity index (χ1) is 11.6. The Morgan fingerprint density at radius 2 is 1.92 bits per heavy atom. The molecule has 3 rings (SSSR count). The molecule has 2 amide bonds. The number of hydrogen-bond donors (Lipinski definition) is 1. The lowest BCUT2D eigenvalue weighted by Gasteiger charge is -2.29. The Morgan fingerprint density at radius 3 is 2.62 bits per heavy atom. The van der Waals surface area contributed by atoms with E-state index in [0.717, 1.165) is 6.54 Å². The number of nitrogens with one attached hydrogen (secondary N) is 1. The molecule has 0 aliphatic carbocycles. The first-order valence-corrected chi connectivity index (χ1v) is 8.09. The van der Waals surface area contributed by atoms with Crippen LogP contribution in [0.15, 0.2) is 24.3 Å². The van der Waals surface area contributed by atoms with Gasteiger partial charge in [0, 0.05) is 31.2 Å². The molecule has 2 heterocycles. The van der Waals surface area contributed by atoms with Crippen LogP contribution in [0, 0.1) is 5.92 Å². The molecule has 1 aromatic rings. The van der Waals surface area contributed by atoms with Gasteiger partial charge in [0.1, 0.15) is 0 Å². The van der Waals surface area contributed by atoms with Crippen molar-refractivity contribution in [2.24, 2.45) is 5.92 Å². The van der Waals surface area contributed by atoms with Gasteiger partial charge >= 0.3 is 12.0 Å². The summed E-state index contributed by atoms with van der Waals surface area (Å²) in [6, 6.07) is 6.80. The summed E-state index contributed by atoms with van der Waals surface area (Å²) in [4.78, 5) is 28.2. The summed E-state index contributed by atoms with van der Waals surface area (Å²) in [6.07, 6.45) is 0. The minimum absolute atomic E-state index is 0.118. The highest BCUT2D eigenvalue weighted by Crippen LogP contribution is 2.19. The fourth-order valence-corrected chi connectivity index (χ4v) is 3.23. The van der Waals surface area contributed by atoms with Crippen LogP contribution in [-0.4, -0.2) is 74.8 Å². The van der Waals surface area contributed by atoms with E-state index in [0.29, 0.717) is 43.5 Å². The number of esters is 1. The number of carbonyl (C=O) groups is 2. The van der Waals surface area contributed by atoms with Gasteiger partial charge in [0.15, 0.2) is 0 Å². The predicted molar refractivity (Wildman–Crippen MR) is 89.1 cm³/mol. The topological polar surface area (TPSA) is 71.1 Å². The Kier molecular flexibility index (Phi) is 5.01. The van der Waals surface area contributed by atoms with E-state index in [4.69, 9.17) is 4.74 Å². The number of likely N-dealkylation sites (N-methyl/N-ethyl adjacent to an activating group) is 1. The number of rotatable bonds is 2. The zero-order valence-corrected chi connectivity index (χ0v) is 14.0. The standard InChI is InChI=1S/C17H23N3O4/c1-19-7-12-8-20(9-15(19)11-24-10-12)17(22)18-14-5-3-13(4-6-14)16(21)23-2/h3-6,12,15H,7-11H2,1-2H3,(H,18,22)/t12-,15+/m1/s1. The average molecular weight is 333 g/mol. The molecular weight excluding hydrogens is 310 g/mol. The molecule has 2 bridgehead atoms. The molecule has 130 valence electrons. The molecule has 0 spiro atoms. The quantitative estimate of drug-likeness (QED) is 0.825. The lowest BCUT2D eigenvalue weighted by atomic mass is 10.1. The van der Waals surface area contributed by atoms with Crippen molar-refractivity contribution in [3.63, 3.8) is 0 Å². The molecule has 7 nitrogen and oxygen atoms in total. The number of ether oxygens (including phenoxy) is 2. The first kappa shape index (κ1) is 16.7. The van der Waals surface area contributed by atoms with E-state index >= 15 is 0 Å². The molecule has 2 aliphatic rings. The molecule has 0 unspecified atom stereocenters. The zero-order valence-electron chi connectivity index (χ0n) is 14.0. The molecule has 0 saturated carbocycles.